The number of hydrogen-bond donors (Lipinski definition) is 2. The monoisotopic (exact) mass is 212 g/mol. The minimum Gasteiger partial charge on any atom is -0.449 e. The summed E-state index contributed by atoms with van der Waals surface area (Å²) in [7, 11) is 0. The maximum Gasteiger partial charge on any atom is 0.407 e. The van der Waals surface area contributed by atoms with Gasteiger partial charge in [-0.25, -0.2) is 4.79 Å². The largest absolute Gasteiger partial charge is 0.449 e. The third-order valence-electron chi connectivity index (χ3n) is 3.29. The van der Waals surface area contributed by atoms with E-state index in [9.17, 15) is 4.79 Å². The average molecular weight is 212 g/mol. The zero-order valence-corrected chi connectivity index (χ0v) is 9.13. The van der Waals surface area contributed by atoms with E-state index in [1.807, 2.05) is 0 Å². The molecular weight excluding hydrogens is 192 g/mol. The second kappa shape index (κ2) is 5.35. The molecule has 1 heterocycles. The van der Waals surface area contributed by atoms with E-state index in [-0.39, 0.29) is 6.09 Å². The maximum absolute atomic E-state index is 11.4. The van der Waals surface area contributed by atoms with Crippen molar-refractivity contribution in [1.82, 2.24) is 10.6 Å². The van der Waals surface area contributed by atoms with Crippen molar-refractivity contribution in [3.05, 3.63) is 0 Å². The van der Waals surface area contributed by atoms with E-state index in [0.29, 0.717) is 18.6 Å². The van der Waals surface area contributed by atoms with E-state index in [4.69, 9.17) is 4.74 Å². The fourth-order valence-electron chi connectivity index (χ4n) is 2.33. The lowest BCUT2D eigenvalue weighted by Gasteiger charge is -2.14. The third-order valence-corrected chi connectivity index (χ3v) is 3.29. The highest BCUT2D eigenvalue weighted by molar-refractivity contribution is 5.67. The van der Waals surface area contributed by atoms with Crippen LogP contribution in [0.3, 0.4) is 0 Å². The van der Waals surface area contributed by atoms with Crippen molar-refractivity contribution in [2.75, 3.05) is 19.7 Å². The Morgan fingerprint density at radius 3 is 2.80 bits per heavy atom. The van der Waals surface area contributed by atoms with Gasteiger partial charge in [0, 0.05) is 18.5 Å². The SMILES string of the molecule is O=C(NC1CCCC1)OCC1CCNC1. The van der Waals surface area contributed by atoms with Gasteiger partial charge in [0.25, 0.3) is 0 Å². The Balaban J connectivity index is 1.59. The summed E-state index contributed by atoms with van der Waals surface area (Å²) in [5.74, 6) is 0.513. The lowest BCUT2D eigenvalue weighted by atomic mass is 10.1. The van der Waals surface area contributed by atoms with Crippen LogP contribution in [0.1, 0.15) is 32.1 Å². The summed E-state index contributed by atoms with van der Waals surface area (Å²) in [6, 6.07) is 0.360. The molecule has 0 aromatic heterocycles. The third kappa shape index (κ3) is 3.38. The fourth-order valence-corrected chi connectivity index (χ4v) is 2.33. The van der Waals surface area contributed by atoms with Crippen LogP contribution in [-0.4, -0.2) is 31.8 Å². The Hall–Kier alpha value is -0.770. The summed E-state index contributed by atoms with van der Waals surface area (Å²) in [6.45, 7) is 2.60. The highest BCUT2D eigenvalue weighted by atomic mass is 16.5. The molecule has 1 aliphatic heterocycles. The van der Waals surface area contributed by atoms with Crippen LogP contribution in [0.5, 0.6) is 0 Å². The summed E-state index contributed by atoms with van der Waals surface area (Å²) in [5.41, 5.74) is 0. The Morgan fingerprint density at radius 1 is 1.33 bits per heavy atom. The fraction of sp³-hybridized carbons (Fsp3) is 0.909. The molecule has 4 nitrogen and oxygen atoms in total. The number of amides is 1. The van der Waals surface area contributed by atoms with E-state index in [2.05, 4.69) is 10.6 Å². The van der Waals surface area contributed by atoms with Gasteiger partial charge >= 0.3 is 6.09 Å². The molecule has 4 heteroatoms. The van der Waals surface area contributed by atoms with Gasteiger partial charge in [0.15, 0.2) is 0 Å². The van der Waals surface area contributed by atoms with Crippen molar-refractivity contribution in [3.63, 3.8) is 0 Å². The summed E-state index contributed by atoms with van der Waals surface area (Å²) in [5, 5.41) is 6.18. The number of rotatable bonds is 3. The van der Waals surface area contributed by atoms with Gasteiger partial charge in [-0.1, -0.05) is 12.8 Å². The van der Waals surface area contributed by atoms with E-state index >= 15 is 0 Å². The van der Waals surface area contributed by atoms with E-state index in [1.165, 1.54) is 12.8 Å². The predicted octanol–water partition coefficient (Wildman–Crippen LogP) is 1.26. The molecule has 0 radical (unpaired) electrons. The minimum atomic E-state index is -0.228. The van der Waals surface area contributed by atoms with Gasteiger partial charge < -0.3 is 15.4 Å². The van der Waals surface area contributed by atoms with Crippen LogP contribution < -0.4 is 10.6 Å². The van der Waals surface area contributed by atoms with Crippen LogP contribution in [-0.2, 0) is 4.74 Å². The first-order valence-electron chi connectivity index (χ1n) is 5.98. The van der Waals surface area contributed by atoms with Crippen molar-refractivity contribution in [2.45, 2.75) is 38.1 Å². The van der Waals surface area contributed by atoms with Gasteiger partial charge in [0.1, 0.15) is 0 Å². The number of carbonyl (C=O) groups excluding carboxylic acids is 1. The van der Waals surface area contributed by atoms with E-state index in [0.717, 1.165) is 32.4 Å². The molecule has 1 saturated heterocycles. The smallest absolute Gasteiger partial charge is 0.407 e. The lowest BCUT2D eigenvalue weighted by Crippen LogP contribution is -2.34. The van der Waals surface area contributed by atoms with Crippen LogP contribution in [0, 0.1) is 5.92 Å². The van der Waals surface area contributed by atoms with Crippen LogP contribution in [0.4, 0.5) is 4.79 Å². The van der Waals surface area contributed by atoms with Gasteiger partial charge in [-0.05, 0) is 25.8 Å². The number of carbonyl (C=O) groups is 1. The summed E-state index contributed by atoms with van der Waals surface area (Å²) in [4.78, 5) is 11.4. The van der Waals surface area contributed by atoms with E-state index < -0.39 is 0 Å². The molecule has 0 bridgehead atoms. The second-order valence-electron chi connectivity index (χ2n) is 4.58. The van der Waals surface area contributed by atoms with Crippen LogP contribution in [0.15, 0.2) is 0 Å². The number of nitrogens with one attached hydrogen (secondary N) is 2. The zero-order chi connectivity index (χ0) is 10.5. The Kier molecular flexibility index (Phi) is 3.83. The molecule has 2 aliphatic rings. The van der Waals surface area contributed by atoms with Crippen LogP contribution in [0.2, 0.25) is 0 Å². The molecule has 86 valence electrons. The van der Waals surface area contributed by atoms with Crippen molar-refractivity contribution < 1.29 is 9.53 Å². The van der Waals surface area contributed by atoms with Gasteiger partial charge in [-0.3, -0.25) is 0 Å². The molecule has 0 aromatic carbocycles. The molecule has 2 rings (SSSR count). The molecule has 1 saturated carbocycles. The topological polar surface area (TPSA) is 50.4 Å². The van der Waals surface area contributed by atoms with E-state index in [1.54, 1.807) is 0 Å². The van der Waals surface area contributed by atoms with Gasteiger partial charge in [0.05, 0.1) is 6.61 Å². The molecular formula is C11H20N2O2. The molecule has 1 atom stereocenters. The van der Waals surface area contributed by atoms with Crippen LogP contribution >= 0.6 is 0 Å². The predicted molar refractivity (Wildman–Crippen MR) is 57.7 cm³/mol. The number of alkyl carbamates (subject to hydrolysis) is 1. The van der Waals surface area contributed by atoms with Gasteiger partial charge in [0.2, 0.25) is 0 Å². The summed E-state index contributed by atoms with van der Waals surface area (Å²) >= 11 is 0. The molecule has 1 unspecified atom stereocenters. The van der Waals surface area contributed by atoms with Gasteiger partial charge in [-0.2, -0.15) is 0 Å². The summed E-state index contributed by atoms with van der Waals surface area (Å²) < 4.78 is 5.20. The standard InChI is InChI=1S/C11H20N2O2/c14-11(13-10-3-1-2-4-10)15-8-9-5-6-12-7-9/h9-10,12H,1-8H2,(H,13,14). The van der Waals surface area contributed by atoms with Crippen molar-refractivity contribution >= 4 is 6.09 Å². The highest BCUT2D eigenvalue weighted by Crippen LogP contribution is 2.17. The Morgan fingerprint density at radius 2 is 2.13 bits per heavy atom. The van der Waals surface area contributed by atoms with Crippen molar-refractivity contribution in [1.29, 1.82) is 0 Å². The zero-order valence-electron chi connectivity index (χ0n) is 9.13. The minimum absolute atomic E-state index is 0.228. The highest BCUT2D eigenvalue weighted by Gasteiger charge is 2.20. The number of ether oxygens (including phenoxy) is 1. The molecule has 15 heavy (non-hydrogen) atoms. The molecule has 1 aliphatic carbocycles. The Labute approximate surface area is 90.8 Å². The molecule has 2 fully saturated rings. The van der Waals surface area contributed by atoms with Crippen molar-refractivity contribution in [2.24, 2.45) is 5.92 Å². The maximum atomic E-state index is 11.4. The second-order valence-corrected chi connectivity index (χ2v) is 4.58. The normalized spacial score (nSPS) is 26.8. The molecule has 1 amide bonds. The van der Waals surface area contributed by atoms with Crippen molar-refractivity contribution in [3.8, 4) is 0 Å². The lowest BCUT2D eigenvalue weighted by molar-refractivity contribution is 0.126. The molecule has 2 N–H and O–H groups in total. The first-order valence-corrected chi connectivity index (χ1v) is 5.98. The average Bonchev–Trinajstić information content (AvgIpc) is 2.86. The van der Waals surface area contributed by atoms with Gasteiger partial charge in [-0.15, -0.1) is 0 Å². The summed E-state index contributed by atoms with van der Waals surface area (Å²) in [6.07, 6.45) is 5.58. The van der Waals surface area contributed by atoms with Crippen LogP contribution in [0.25, 0.3) is 0 Å². The molecule has 0 spiro atoms. The first kappa shape index (κ1) is 10.7. The quantitative estimate of drug-likeness (QED) is 0.740. The number of hydrogen-bond acceptors (Lipinski definition) is 3. The first-order chi connectivity index (χ1) is 7.34. The Bertz CT molecular complexity index is 209. The molecule has 0 aromatic rings.